The van der Waals surface area contributed by atoms with E-state index in [2.05, 4.69) is 44.2 Å². The molecule has 0 aromatic heterocycles. The Kier molecular flexibility index (Phi) is 3.19. The quantitative estimate of drug-likeness (QED) is 0.700. The number of nitrogens with zero attached hydrogens (tertiary/aromatic N) is 1. The predicted octanol–water partition coefficient (Wildman–Crippen LogP) is 2.90. The molecule has 0 atom stereocenters. The van der Waals surface area contributed by atoms with Crippen molar-refractivity contribution in [2.75, 3.05) is 6.61 Å². The number of rotatable bonds is 3. The number of fused-ring (bicyclic) bond motifs is 1. The van der Waals surface area contributed by atoms with E-state index in [9.17, 15) is 0 Å². The Hall–Kier alpha value is -1.12. The lowest BCUT2D eigenvalue weighted by molar-refractivity contribution is -0.154. The van der Waals surface area contributed by atoms with Gasteiger partial charge in [-0.2, -0.15) is 5.06 Å². The van der Waals surface area contributed by atoms with Crippen LogP contribution in [0.5, 0.6) is 0 Å². The molecule has 0 aliphatic carbocycles. The van der Waals surface area contributed by atoms with Gasteiger partial charge in [-0.05, 0) is 25.0 Å². The zero-order valence-electron chi connectivity index (χ0n) is 9.36. The molecule has 80 valence electrons. The van der Waals surface area contributed by atoms with Gasteiger partial charge in [0.1, 0.15) is 0 Å². The molecule has 0 spiro atoms. The lowest BCUT2D eigenvalue weighted by Gasteiger charge is -2.13. The number of benzene rings is 1. The summed E-state index contributed by atoms with van der Waals surface area (Å²) in [5, 5.41) is 2.02. The highest BCUT2D eigenvalue weighted by atomic mass is 16.7. The van der Waals surface area contributed by atoms with Gasteiger partial charge in [-0.1, -0.05) is 35.9 Å². The van der Waals surface area contributed by atoms with E-state index in [1.165, 1.54) is 16.7 Å². The first-order valence-electron chi connectivity index (χ1n) is 5.34. The van der Waals surface area contributed by atoms with Crippen molar-refractivity contribution in [3.8, 4) is 0 Å². The van der Waals surface area contributed by atoms with Gasteiger partial charge in [-0.25, -0.2) is 0 Å². The molecule has 0 unspecified atom stereocenters. The highest BCUT2D eigenvalue weighted by Crippen LogP contribution is 2.21. The van der Waals surface area contributed by atoms with E-state index in [1.54, 1.807) is 0 Å². The maximum atomic E-state index is 5.65. The third kappa shape index (κ3) is 2.67. The van der Waals surface area contributed by atoms with Crippen molar-refractivity contribution in [1.29, 1.82) is 0 Å². The second-order valence-electron chi connectivity index (χ2n) is 4.14. The molecule has 1 aromatic carbocycles. The molecule has 2 rings (SSSR count). The van der Waals surface area contributed by atoms with Crippen LogP contribution in [0.4, 0.5) is 0 Å². The molecule has 2 nitrogen and oxygen atoms in total. The molecule has 1 aliphatic rings. The molecule has 1 heterocycles. The van der Waals surface area contributed by atoms with Crippen molar-refractivity contribution in [3.63, 3.8) is 0 Å². The summed E-state index contributed by atoms with van der Waals surface area (Å²) >= 11 is 0. The van der Waals surface area contributed by atoms with Gasteiger partial charge in [-0.3, -0.25) is 4.84 Å². The summed E-state index contributed by atoms with van der Waals surface area (Å²) in [6, 6.07) is 8.50. The Morgan fingerprint density at radius 2 is 1.87 bits per heavy atom. The molecule has 0 saturated carbocycles. The van der Waals surface area contributed by atoms with E-state index < -0.39 is 0 Å². The summed E-state index contributed by atoms with van der Waals surface area (Å²) in [5.41, 5.74) is 4.07. The van der Waals surface area contributed by atoms with E-state index in [-0.39, 0.29) is 0 Å². The Morgan fingerprint density at radius 3 is 2.40 bits per heavy atom. The van der Waals surface area contributed by atoms with Gasteiger partial charge in [-0.15, -0.1) is 0 Å². The minimum absolute atomic E-state index is 0.677. The van der Waals surface area contributed by atoms with Crippen LogP contribution in [-0.4, -0.2) is 11.7 Å². The van der Waals surface area contributed by atoms with Gasteiger partial charge in [0.05, 0.1) is 6.61 Å². The van der Waals surface area contributed by atoms with Crippen LogP contribution in [0.2, 0.25) is 0 Å². The van der Waals surface area contributed by atoms with Crippen LogP contribution < -0.4 is 0 Å². The molecular weight excluding hydrogens is 186 g/mol. The third-order valence-electron chi connectivity index (χ3n) is 2.56. The Morgan fingerprint density at radius 1 is 1.27 bits per heavy atom. The maximum absolute atomic E-state index is 5.65. The van der Waals surface area contributed by atoms with E-state index in [0.29, 0.717) is 6.61 Å². The second kappa shape index (κ2) is 4.60. The Bertz CT molecular complexity index is 342. The molecule has 0 bridgehead atoms. The average Bonchev–Trinajstić information content (AvgIpc) is 2.59. The third-order valence-corrected chi connectivity index (χ3v) is 2.56. The van der Waals surface area contributed by atoms with Crippen molar-refractivity contribution < 1.29 is 4.84 Å². The predicted molar refractivity (Wildman–Crippen MR) is 61.1 cm³/mol. The van der Waals surface area contributed by atoms with Crippen LogP contribution in [-0.2, 0) is 17.9 Å². The van der Waals surface area contributed by atoms with Crippen LogP contribution in [0.15, 0.2) is 35.9 Å². The van der Waals surface area contributed by atoms with Crippen LogP contribution in [0.3, 0.4) is 0 Å². The SMILES string of the molecule is CC(C)=CCON1Cc2ccccc2C1. The molecule has 0 N–H and O–H groups in total. The molecule has 15 heavy (non-hydrogen) atoms. The molecule has 1 aromatic rings. The highest BCUT2D eigenvalue weighted by molar-refractivity contribution is 5.29. The largest absolute Gasteiger partial charge is 0.294 e. The number of allylic oxidation sites excluding steroid dienone is 1. The molecule has 0 amide bonds. The summed E-state index contributed by atoms with van der Waals surface area (Å²) in [7, 11) is 0. The van der Waals surface area contributed by atoms with E-state index in [1.807, 2.05) is 5.06 Å². The Balaban J connectivity index is 1.88. The lowest BCUT2D eigenvalue weighted by Crippen LogP contribution is -2.16. The number of hydroxylamine groups is 2. The van der Waals surface area contributed by atoms with E-state index in [4.69, 9.17) is 4.84 Å². The fourth-order valence-corrected chi connectivity index (χ4v) is 1.70. The molecule has 2 heteroatoms. The summed E-state index contributed by atoms with van der Waals surface area (Å²) < 4.78 is 0. The van der Waals surface area contributed by atoms with Crippen molar-refractivity contribution in [3.05, 3.63) is 47.0 Å². The molecule has 0 saturated heterocycles. The van der Waals surface area contributed by atoms with Gasteiger partial charge in [0.25, 0.3) is 0 Å². The fraction of sp³-hybridized carbons (Fsp3) is 0.385. The molecule has 1 aliphatic heterocycles. The summed E-state index contributed by atoms with van der Waals surface area (Å²) in [4.78, 5) is 5.65. The first-order chi connectivity index (χ1) is 7.25. The highest BCUT2D eigenvalue weighted by Gasteiger charge is 2.17. The van der Waals surface area contributed by atoms with Crippen LogP contribution in [0.1, 0.15) is 25.0 Å². The maximum Gasteiger partial charge on any atom is 0.0869 e. The van der Waals surface area contributed by atoms with Crippen LogP contribution in [0, 0.1) is 0 Å². The average molecular weight is 203 g/mol. The van der Waals surface area contributed by atoms with Crippen LogP contribution in [0.25, 0.3) is 0 Å². The first-order valence-corrected chi connectivity index (χ1v) is 5.34. The van der Waals surface area contributed by atoms with Crippen molar-refractivity contribution in [1.82, 2.24) is 5.06 Å². The Labute approximate surface area is 91.1 Å². The number of hydrogen-bond acceptors (Lipinski definition) is 2. The molecule has 0 fully saturated rings. The van der Waals surface area contributed by atoms with Gasteiger partial charge >= 0.3 is 0 Å². The minimum Gasteiger partial charge on any atom is -0.294 e. The molecular formula is C13H17NO. The van der Waals surface area contributed by atoms with Gasteiger partial charge in [0.15, 0.2) is 0 Å². The molecule has 0 radical (unpaired) electrons. The zero-order chi connectivity index (χ0) is 10.7. The van der Waals surface area contributed by atoms with Crippen molar-refractivity contribution >= 4 is 0 Å². The van der Waals surface area contributed by atoms with E-state index >= 15 is 0 Å². The summed E-state index contributed by atoms with van der Waals surface area (Å²) in [6.45, 7) is 6.67. The normalized spacial score (nSPS) is 15.1. The fourth-order valence-electron chi connectivity index (χ4n) is 1.70. The smallest absolute Gasteiger partial charge is 0.0869 e. The van der Waals surface area contributed by atoms with Crippen molar-refractivity contribution in [2.24, 2.45) is 0 Å². The first kappa shape index (κ1) is 10.4. The topological polar surface area (TPSA) is 12.5 Å². The minimum atomic E-state index is 0.677. The number of hydrogen-bond donors (Lipinski definition) is 0. The van der Waals surface area contributed by atoms with Crippen LogP contribution >= 0.6 is 0 Å². The summed E-state index contributed by atoms with van der Waals surface area (Å²) in [5.74, 6) is 0. The van der Waals surface area contributed by atoms with Gasteiger partial charge in [0.2, 0.25) is 0 Å². The summed E-state index contributed by atoms with van der Waals surface area (Å²) in [6.07, 6.45) is 2.10. The van der Waals surface area contributed by atoms with Crippen molar-refractivity contribution in [2.45, 2.75) is 26.9 Å². The van der Waals surface area contributed by atoms with E-state index in [0.717, 1.165) is 13.1 Å². The second-order valence-corrected chi connectivity index (χ2v) is 4.14. The van der Waals surface area contributed by atoms with Gasteiger partial charge in [0, 0.05) is 13.1 Å². The zero-order valence-corrected chi connectivity index (χ0v) is 9.36. The van der Waals surface area contributed by atoms with Gasteiger partial charge < -0.3 is 0 Å². The lowest BCUT2D eigenvalue weighted by atomic mass is 10.1. The monoisotopic (exact) mass is 203 g/mol. The standard InChI is InChI=1S/C13H17NO/c1-11(2)7-8-15-14-9-12-5-3-4-6-13(12)10-14/h3-7H,8-10H2,1-2H3.